The Morgan fingerprint density at radius 3 is 2.38 bits per heavy atom. The molecular formula is C12H21N4NaO8S. The molecule has 12 nitrogen and oxygen atoms in total. The molecule has 2 fully saturated rings. The van der Waals surface area contributed by atoms with Crippen LogP contribution in [0.3, 0.4) is 0 Å². The van der Waals surface area contributed by atoms with Crippen molar-refractivity contribution in [1.29, 1.82) is 0 Å². The number of hydrogen-bond acceptors (Lipinski definition) is 7. The van der Waals surface area contributed by atoms with Gasteiger partial charge in [-0.1, -0.05) is 0 Å². The van der Waals surface area contributed by atoms with Gasteiger partial charge in [0, 0.05) is 6.54 Å². The quantitative estimate of drug-likeness (QED) is 0.304. The molecule has 14 heteroatoms. The Balaban J connectivity index is 0.00000338. The number of carbonyl (C=O) groups excluding carboxylic acids is 3. The van der Waals surface area contributed by atoms with Gasteiger partial charge in [0.2, 0.25) is 0 Å². The van der Waals surface area contributed by atoms with Gasteiger partial charge in [-0.3, -0.25) is 14.8 Å². The van der Waals surface area contributed by atoms with E-state index in [2.05, 4.69) is 15.1 Å². The maximum atomic E-state index is 12.2. The Kier molecular flexibility index (Phi) is 7.29. The van der Waals surface area contributed by atoms with Crippen molar-refractivity contribution in [3.8, 4) is 0 Å². The molecule has 2 bridgehead atoms. The first kappa shape index (κ1) is 22.9. The number of hydrazine groups is 1. The summed E-state index contributed by atoms with van der Waals surface area (Å²) in [5, 5.41) is 0.532. The van der Waals surface area contributed by atoms with E-state index in [9.17, 15) is 22.8 Å². The predicted molar refractivity (Wildman–Crippen MR) is 88.0 cm³/mol. The topological polar surface area (TPSA) is 155 Å². The third-order valence-electron chi connectivity index (χ3n) is 3.49. The third kappa shape index (κ3) is 5.96. The summed E-state index contributed by atoms with van der Waals surface area (Å²) in [4.78, 5) is 37.0. The van der Waals surface area contributed by atoms with Crippen molar-refractivity contribution in [2.24, 2.45) is 0 Å². The number of carbonyl (C=O) groups is 3. The molecular weight excluding hydrogens is 383 g/mol. The predicted octanol–water partition coefficient (Wildman–Crippen LogP) is -1.10. The van der Waals surface area contributed by atoms with Crippen molar-refractivity contribution >= 4 is 58.0 Å². The molecule has 0 spiro atoms. The molecule has 2 atom stereocenters. The zero-order valence-corrected chi connectivity index (χ0v) is 14.7. The fourth-order valence-electron chi connectivity index (χ4n) is 2.60. The van der Waals surface area contributed by atoms with Gasteiger partial charge < -0.3 is 9.64 Å². The van der Waals surface area contributed by atoms with Gasteiger partial charge in [-0.25, -0.2) is 15.0 Å². The Morgan fingerprint density at radius 2 is 1.85 bits per heavy atom. The molecule has 2 heterocycles. The number of piperidine rings is 1. The van der Waals surface area contributed by atoms with Crippen LogP contribution in [-0.4, -0.2) is 94.8 Å². The number of nitrogens with one attached hydrogen (secondary N) is 2. The van der Waals surface area contributed by atoms with Gasteiger partial charge in [0.1, 0.15) is 11.6 Å². The maximum absolute atomic E-state index is 12.2. The molecule has 0 aromatic rings. The van der Waals surface area contributed by atoms with E-state index in [1.165, 1.54) is 0 Å². The SMILES string of the molecule is CC(C)(C)OC(=O)NNC(=O)[C@@H]1CC[C@@H]2CN1C(=O)N2OS(=O)(=O)O.[NaH]. The number of nitrogens with zero attached hydrogens (tertiary/aromatic N) is 2. The van der Waals surface area contributed by atoms with Crippen LogP contribution in [0.15, 0.2) is 0 Å². The number of fused-ring (bicyclic) bond motifs is 2. The first-order valence-corrected chi connectivity index (χ1v) is 8.79. The van der Waals surface area contributed by atoms with Crippen LogP contribution in [0.4, 0.5) is 9.59 Å². The Labute approximate surface area is 172 Å². The van der Waals surface area contributed by atoms with Crippen LogP contribution in [0.25, 0.3) is 0 Å². The molecule has 2 saturated heterocycles. The van der Waals surface area contributed by atoms with Crippen LogP contribution in [0.2, 0.25) is 0 Å². The molecule has 0 unspecified atom stereocenters. The Bertz CT molecular complexity index is 679. The summed E-state index contributed by atoms with van der Waals surface area (Å²) >= 11 is 0. The Hall–Kier alpha value is -1.12. The van der Waals surface area contributed by atoms with E-state index < -0.39 is 46.1 Å². The van der Waals surface area contributed by atoms with Gasteiger partial charge in [-0.2, -0.15) is 13.5 Å². The molecule has 0 aromatic carbocycles. The monoisotopic (exact) mass is 404 g/mol. The van der Waals surface area contributed by atoms with E-state index in [4.69, 9.17) is 9.29 Å². The molecule has 0 aromatic heterocycles. The summed E-state index contributed by atoms with van der Waals surface area (Å²) in [5.41, 5.74) is 3.49. The van der Waals surface area contributed by atoms with Gasteiger partial charge in [0.15, 0.2) is 0 Å². The van der Waals surface area contributed by atoms with E-state index in [1.807, 2.05) is 0 Å². The fraction of sp³-hybridized carbons (Fsp3) is 0.750. The van der Waals surface area contributed by atoms with Crippen LogP contribution in [0.1, 0.15) is 33.6 Å². The van der Waals surface area contributed by atoms with Gasteiger partial charge in [0.25, 0.3) is 5.91 Å². The molecule has 4 amide bonds. The second-order valence-corrected chi connectivity index (χ2v) is 7.63. The summed E-state index contributed by atoms with van der Waals surface area (Å²) in [7, 11) is -4.85. The second-order valence-electron chi connectivity index (χ2n) is 6.63. The zero-order chi connectivity index (χ0) is 19.0. The average molecular weight is 404 g/mol. The molecule has 0 radical (unpaired) electrons. The second kappa shape index (κ2) is 8.27. The van der Waals surface area contributed by atoms with Crippen LogP contribution in [-0.2, 0) is 24.2 Å². The van der Waals surface area contributed by atoms with Crippen LogP contribution in [0, 0.1) is 0 Å². The molecule has 26 heavy (non-hydrogen) atoms. The van der Waals surface area contributed by atoms with Crippen LogP contribution in [0.5, 0.6) is 0 Å². The van der Waals surface area contributed by atoms with Gasteiger partial charge in [-0.15, -0.1) is 4.28 Å². The minimum absolute atomic E-state index is 0. The summed E-state index contributed by atoms with van der Waals surface area (Å²) in [6, 6.07) is -2.39. The van der Waals surface area contributed by atoms with Gasteiger partial charge >= 0.3 is 52.1 Å². The number of rotatable bonds is 3. The first-order valence-electron chi connectivity index (χ1n) is 7.43. The van der Waals surface area contributed by atoms with Crippen molar-refractivity contribution in [1.82, 2.24) is 20.8 Å². The van der Waals surface area contributed by atoms with Crippen molar-refractivity contribution in [3.63, 3.8) is 0 Å². The van der Waals surface area contributed by atoms with Crippen molar-refractivity contribution in [2.45, 2.75) is 51.3 Å². The van der Waals surface area contributed by atoms with Gasteiger partial charge in [-0.05, 0) is 33.6 Å². The molecule has 2 aliphatic heterocycles. The average Bonchev–Trinajstić information content (AvgIpc) is 2.67. The fourth-order valence-corrected chi connectivity index (χ4v) is 2.99. The summed E-state index contributed by atoms with van der Waals surface area (Å²) in [6.45, 7) is 5.02. The molecule has 144 valence electrons. The molecule has 0 aliphatic carbocycles. The standard InChI is InChI=1S/C12H20N4O8S.Na.H/c1-12(2,3)23-10(18)14-13-9(17)8-5-4-7-6-15(8)11(19)16(7)24-25(20,21)22;;/h7-8H,4-6H2,1-3H3,(H,13,17)(H,14,18)(H,20,21,22);;/t7-,8+;;/m1../s1. The van der Waals surface area contributed by atoms with Gasteiger partial charge in [0.05, 0.1) is 6.04 Å². The van der Waals surface area contributed by atoms with Crippen LogP contribution < -0.4 is 10.9 Å². The Morgan fingerprint density at radius 1 is 1.23 bits per heavy atom. The number of hydrogen-bond donors (Lipinski definition) is 3. The normalized spacial score (nSPS) is 22.5. The molecule has 3 N–H and O–H groups in total. The summed E-state index contributed by atoms with van der Waals surface area (Å²) in [5.74, 6) is -0.661. The summed E-state index contributed by atoms with van der Waals surface area (Å²) < 4.78 is 39.6. The van der Waals surface area contributed by atoms with E-state index in [-0.39, 0.29) is 48.9 Å². The zero-order valence-electron chi connectivity index (χ0n) is 13.9. The molecule has 2 aliphatic rings. The van der Waals surface area contributed by atoms with Crippen LogP contribution >= 0.6 is 0 Å². The number of amides is 4. The van der Waals surface area contributed by atoms with Crippen molar-refractivity contribution < 1.29 is 36.4 Å². The van der Waals surface area contributed by atoms with Crippen molar-refractivity contribution in [3.05, 3.63) is 0 Å². The van der Waals surface area contributed by atoms with E-state index in [0.29, 0.717) is 5.06 Å². The molecule has 2 rings (SSSR count). The number of urea groups is 1. The minimum atomic E-state index is -4.85. The number of ether oxygens (including phenoxy) is 1. The third-order valence-corrected chi connectivity index (χ3v) is 3.84. The molecule has 0 saturated carbocycles. The number of hydroxylamine groups is 2. The first-order chi connectivity index (χ1) is 11.4. The van der Waals surface area contributed by atoms with E-state index in [0.717, 1.165) is 4.90 Å². The summed E-state index contributed by atoms with van der Waals surface area (Å²) in [6.07, 6.45) is -0.357. The van der Waals surface area contributed by atoms with E-state index >= 15 is 0 Å². The van der Waals surface area contributed by atoms with Crippen molar-refractivity contribution in [2.75, 3.05) is 6.54 Å². The van der Waals surface area contributed by atoms with E-state index in [1.54, 1.807) is 20.8 Å².